The number of halogens is 1. The zero-order valence-corrected chi connectivity index (χ0v) is 11.0. The molecule has 106 valence electrons. The van der Waals surface area contributed by atoms with Crippen molar-refractivity contribution in [3.05, 3.63) is 60.2 Å². The van der Waals surface area contributed by atoms with Crippen molar-refractivity contribution in [2.45, 2.75) is 6.54 Å². The number of rotatable bonds is 4. The molecular weight excluding hydrogens is 273 g/mol. The molecule has 3 rings (SSSR count). The highest BCUT2D eigenvalue weighted by Gasteiger charge is 2.06. The molecule has 0 atom stereocenters. The normalized spacial score (nSPS) is 10.5. The number of aromatic nitrogens is 2. The minimum atomic E-state index is -0.624. The van der Waals surface area contributed by atoms with Crippen molar-refractivity contribution < 1.29 is 13.9 Å². The van der Waals surface area contributed by atoms with E-state index in [9.17, 15) is 9.50 Å². The predicted molar refractivity (Wildman–Crippen MR) is 75.1 cm³/mol. The summed E-state index contributed by atoms with van der Waals surface area (Å²) in [5.41, 5.74) is 2.14. The molecule has 0 unspecified atom stereocenters. The summed E-state index contributed by atoms with van der Waals surface area (Å²) in [7, 11) is 0. The SMILES string of the molecule is Oc1c(F)cccc1CNc1ccc(-c2nnco2)cc1. The van der Waals surface area contributed by atoms with Crippen molar-refractivity contribution in [2.75, 3.05) is 5.32 Å². The van der Waals surface area contributed by atoms with E-state index in [1.807, 2.05) is 24.3 Å². The van der Waals surface area contributed by atoms with Crippen LogP contribution in [-0.4, -0.2) is 15.3 Å². The lowest BCUT2D eigenvalue weighted by atomic mass is 10.1. The number of nitrogens with zero attached hydrogens (tertiary/aromatic N) is 2. The molecule has 0 aliphatic carbocycles. The summed E-state index contributed by atoms with van der Waals surface area (Å²) in [5.74, 6) is -0.502. The summed E-state index contributed by atoms with van der Waals surface area (Å²) in [6.45, 7) is 0.323. The lowest BCUT2D eigenvalue weighted by Gasteiger charge is -2.08. The third-order valence-electron chi connectivity index (χ3n) is 3.05. The minimum Gasteiger partial charge on any atom is -0.505 e. The fourth-order valence-electron chi connectivity index (χ4n) is 1.93. The first-order valence-electron chi connectivity index (χ1n) is 6.31. The van der Waals surface area contributed by atoms with Gasteiger partial charge in [0.2, 0.25) is 12.3 Å². The van der Waals surface area contributed by atoms with Crippen LogP contribution in [-0.2, 0) is 6.54 Å². The van der Waals surface area contributed by atoms with Gasteiger partial charge in [-0.2, -0.15) is 0 Å². The van der Waals surface area contributed by atoms with Crippen LogP contribution in [0, 0.1) is 5.82 Å². The lowest BCUT2D eigenvalue weighted by Crippen LogP contribution is -2.00. The monoisotopic (exact) mass is 285 g/mol. The molecule has 2 aromatic carbocycles. The van der Waals surface area contributed by atoms with Gasteiger partial charge in [0, 0.05) is 23.4 Å². The van der Waals surface area contributed by atoms with Crippen LogP contribution in [0.5, 0.6) is 5.75 Å². The molecule has 0 aliphatic heterocycles. The van der Waals surface area contributed by atoms with Crippen LogP contribution in [0.15, 0.2) is 53.3 Å². The van der Waals surface area contributed by atoms with Gasteiger partial charge in [0.05, 0.1) is 0 Å². The molecule has 5 nitrogen and oxygen atoms in total. The predicted octanol–water partition coefficient (Wildman–Crippen LogP) is 3.19. The van der Waals surface area contributed by atoms with E-state index in [2.05, 4.69) is 15.5 Å². The first-order valence-corrected chi connectivity index (χ1v) is 6.31. The van der Waals surface area contributed by atoms with Gasteiger partial charge in [0.15, 0.2) is 11.6 Å². The standard InChI is InChI=1S/C15H12FN3O2/c16-13-3-1-2-11(14(13)20)8-17-12-6-4-10(5-7-12)15-19-18-9-21-15/h1-7,9,17,20H,8H2. The number of hydrogen-bond donors (Lipinski definition) is 2. The largest absolute Gasteiger partial charge is 0.505 e. The molecule has 0 fully saturated rings. The van der Waals surface area contributed by atoms with Gasteiger partial charge in [-0.05, 0) is 30.3 Å². The fourth-order valence-corrected chi connectivity index (χ4v) is 1.93. The Morgan fingerprint density at radius 1 is 1.14 bits per heavy atom. The van der Waals surface area contributed by atoms with Crippen molar-refractivity contribution in [3.8, 4) is 17.2 Å². The third kappa shape index (κ3) is 2.84. The number of phenols is 1. The summed E-state index contributed by atoms with van der Waals surface area (Å²) in [5, 5.41) is 20.1. The van der Waals surface area contributed by atoms with Gasteiger partial charge in [-0.25, -0.2) is 4.39 Å². The molecule has 2 N–H and O–H groups in total. The topological polar surface area (TPSA) is 71.2 Å². The number of phenolic OH excluding ortho intramolecular Hbond substituents is 1. The first kappa shape index (κ1) is 13.1. The Balaban J connectivity index is 1.70. The Morgan fingerprint density at radius 3 is 2.67 bits per heavy atom. The van der Waals surface area contributed by atoms with Crippen molar-refractivity contribution in [2.24, 2.45) is 0 Å². The highest BCUT2D eigenvalue weighted by molar-refractivity contribution is 5.58. The lowest BCUT2D eigenvalue weighted by molar-refractivity contribution is 0.427. The molecule has 6 heteroatoms. The second-order valence-corrected chi connectivity index (χ2v) is 4.42. The first-order chi connectivity index (χ1) is 10.2. The van der Waals surface area contributed by atoms with Crippen molar-refractivity contribution in [1.29, 1.82) is 0 Å². The maximum Gasteiger partial charge on any atom is 0.247 e. The highest BCUT2D eigenvalue weighted by atomic mass is 19.1. The second-order valence-electron chi connectivity index (χ2n) is 4.42. The number of aromatic hydroxyl groups is 1. The fraction of sp³-hybridized carbons (Fsp3) is 0.0667. The molecule has 0 aliphatic rings. The second kappa shape index (κ2) is 5.62. The molecular formula is C15H12FN3O2. The molecule has 0 bridgehead atoms. The van der Waals surface area contributed by atoms with Crippen LogP contribution in [0.2, 0.25) is 0 Å². The Hall–Kier alpha value is -2.89. The summed E-state index contributed by atoms with van der Waals surface area (Å²) in [6, 6.07) is 11.8. The Kier molecular flexibility index (Phi) is 3.51. The van der Waals surface area contributed by atoms with Crippen LogP contribution in [0.3, 0.4) is 0 Å². The van der Waals surface area contributed by atoms with Crippen molar-refractivity contribution >= 4 is 5.69 Å². The van der Waals surface area contributed by atoms with E-state index in [1.54, 1.807) is 12.1 Å². The maximum atomic E-state index is 13.2. The van der Waals surface area contributed by atoms with Crippen LogP contribution in [0.1, 0.15) is 5.56 Å². The van der Waals surface area contributed by atoms with E-state index in [-0.39, 0.29) is 5.75 Å². The molecule has 1 heterocycles. The van der Waals surface area contributed by atoms with Crippen LogP contribution < -0.4 is 5.32 Å². The number of anilines is 1. The molecule has 0 saturated carbocycles. The van der Waals surface area contributed by atoms with E-state index in [1.165, 1.54) is 12.5 Å². The summed E-state index contributed by atoms with van der Waals surface area (Å²) in [4.78, 5) is 0. The average molecular weight is 285 g/mol. The number of benzene rings is 2. The number of para-hydroxylation sites is 1. The van der Waals surface area contributed by atoms with Gasteiger partial charge in [-0.15, -0.1) is 10.2 Å². The van der Waals surface area contributed by atoms with Crippen molar-refractivity contribution in [1.82, 2.24) is 10.2 Å². The quantitative estimate of drug-likeness (QED) is 0.770. The third-order valence-corrected chi connectivity index (χ3v) is 3.05. The van der Waals surface area contributed by atoms with E-state index in [4.69, 9.17) is 4.42 Å². The highest BCUT2D eigenvalue weighted by Crippen LogP contribution is 2.23. The number of nitrogens with one attached hydrogen (secondary N) is 1. The summed E-state index contributed by atoms with van der Waals surface area (Å²) >= 11 is 0. The van der Waals surface area contributed by atoms with Gasteiger partial charge in [-0.1, -0.05) is 12.1 Å². The van der Waals surface area contributed by atoms with E-state index in [0.29, 0.717) is 18.0 Å². The van der Waals surface area contributed by atoms with Gasteiger partial charge >= 0.3 is 0 Å². The Morgan fingerprint density at radius 2 is 1.95 bits per heavy atom. The zero-order valence-electron chi connectivity index (χ0n) is 11.0. The molecule has 0 radical (unpaired) electrons. The van der Waals surface area contributed by atoms with Crippen LogP contribution in [0.4, 0.5) is 10.1 Å². The Labute approximate surface area is 120 Å². The molecule has 0 saturated heterocycles. The van der Waals surface area contributed by atoms with E-state index < -0.39 is 5.82 Å². The molecule has 3 aromatic rings. The smallest absolute Gasteiger partial charge is 0.247 e. The van der Waals surface area contributed by atoms with Crippen molar-refractivity contribution in [3.63, 3.8) is 0 Å². The van der Waals surface area contributed by atoms with E-state index >= 15 is 0 Å². The van der Waals surface area contributed by atoms with Crippen LogP contribution >= 0.6 is 0 Å². The molecule has 0 spiro atoms. The van der Waals surface area contributed by atoms with Gasteiger partial charge < -0.3 is 14.8 Å². The molecule has 0 amide bonds. The Bertz CT molecular complexity index is 727. The minimum absolute atomic E-state index is 0.323. The van der Waals surface area contributed by atoms with Gasteiger partial charge in [-0.3, -0.25) is 0 Å². The summed E-state index contributed by atoms with van der Waals surface area (Å²) in [6.07, 6.45) is 1.27. The van der Waals surface area contributed by atoms with Gasteiger partial charge in [0.25, 0.3) is 0 Å². The molecule has 1 aromatic heterocycles. The maximum absolute atomic E-state index is 13.2. The average Bonchev–Trinajstić information content (AvgIpc) is 3.04. The van der Waals surface area contributed by atoms with E-state index in [0.717, 1.165) is 11.3 Å². The van der Waals surface area contributed by atoms with Crippen LogP contribution in [0.25, 0.3) is 11.5 Å². The molecule has 21 heavy (non-hydrogen) atoms. The van der Waals surface area contributed by atoms with Gasteiger partial charge in [0.1, 0.15) is 0 Å². The summed E-state index contributed by atoms with van der Waals surface area (Å²) < 4.78 is 18.3. The zero-order chi connectivity index (χ0) is 14.7. The number of hydrogen-bond acceptors (Lipinski definition) is 5.